The van der Waals surface area contributed by atoms with Gasteiger partial charge < -0.3 is 20.3 Å². The monoisotopic (exact) mass is 350 g/mol. The molecule has 0 bridgehead atoms. The Morgan fingerprint density at radius 1 is 1.40 bits per heavy atom. The highest BCUT2D eigenvalue weighted by atomic mass is 16.6. The molecule has 0 spiro atoms. The van der Waals surface area contributed by atoms with Gasteiger partial charge in [-0.15, -0.1) is 0 Å². The number of rotatable bonds is 5. The zero-order valence-electron chi connectivity index (χ0n) is 15.6. The molecule has 1 aromatic carbocycles. The van der Waals surface area contributed by atoms with Crippen LogP contribution in [0.5, 0.6) is 0 Å². The van der Waals surface area contributed by atoms with E-state index in [0.29, 0.717) is 19.5 Å². The lowest BCUT2D eigenvalue weighted by molar-refractivity contribution is -0.143. The van der Waals surface area contributed by atoms with E-state index in [0.717, 1.165) is 5.56 Å². The standard InChI is InChI=1S/C19H30N2O4/c1-18(2,3)25-17(23)21-13-19(4,12-20)10-15(21)16(22)24-11-14-8-6-5-7-9-14/h5-9,15-16,22H,10-13,20H2,1-4H3/t15?,16?,19-/m1/s1. The molecule has 1 aliphatic rings. The molecule has 1 aromatic rings. The first-order valence-corrected chi connectivity index (χ1v) is 8.67. The Kier molecular flexibility index (Phi) is 6.08. The first-order valence-electron chi connectivity index (χ1n) is 8.67. The van der Waals surface area contributed by atoms with Gasteiger partial charge in [0, 0.05) is 6.54 Å². The molecule has 0 radical (unpaired) electrons. The van der Waals surface area contributed by atoms with E-state index in [1.54, 1.807) is 4.90 Å². The van der Waals surface area contributed by atoms with E-state index in [4.69, 9.17) is 15.2 Å². The summed E-state index contributed by atoms with van der Waals surface area (Å²) in [6.07, 6.45) is -0.975. The molecule has 0 aliphatic carbocycles. The van der Waals surface area contributed by atoms with Crippen LogP contribution in [0.25, 0.3) is 0 Å². The van der Waals surface area contributed by atoms with Crippen molar-refractivity contribution in [1.29, 1.82) is 0 Å². The van der Waals surface area contributed by atoms with Crippen LogP contribution in [0.2, 0.25) is 0 Å². The fraction of sp³-hybridized carbons (Fsp3) is 0.632. The third-order valence-corrected chi connectivity index (χ3v) is 4.37. The molecule has 0 aromatic heterocycles. The zero-order chi connectivity index (χ0) is 18.7. The van der Waals surface area contributed by atoms with Crippen molar-refractivity contribution in [2.24, 2.45) is 11.1 Å². The summed E-state index contributed by atoms with van der Waals surface area (Å²) in [5.74, 6) is 0. The van der Waals surface area contributed by atoms with Crippen LogP contribution in [0, 0.1) is 5.41 Å². The minimum atomic E-state index is -1.10. The van der Waals surface area contributed by atoms with Gasteiger partial charge in [-0.05, 0) is 44.7 Å². The molecular weight excluding hydrogens is 320 g/mol. The molecule has 1 amide bonds. The number of benzene rings is 1. The largest absolute Gasteiger partial charge is 0.444 e. The number of carbonyl (C=O) groups is 1. The van der Waals surface area contributed by atoms with Gasteiger partial charge in [0.05, 0.1) is 12.6 Å². The van der Waals surface area contributed by atoms with Crippen molar-refractivity contribution in [3.8, 4) is 0 Å². The van der Waals surface area contributed by atoms with E-state index in [-0.39, 0.29) is 12.0 Å². The maximum absolute atomic E-state index is 12.5. The van der Waals surface area contributed by atoms with Gasteiger partial charge in [-0.25, -0.2) is 4.79 Å². The van der Waals surface area contributed by atoms with E-state index in [1.165, 1.54) is 0 Å². The van der Waals surface area contributed by atoms with Crippen molar-refractivity contribution < 1.29 is 19.4 Å². The number of ether oxygens (including phenoxy) is 2. The fourth-order valence-electron chi connectivity index (χ4n) is 3.00. The molecule has 1 fully saturated rings. The van der Waals surface area contributed by atoms with Crippen molar-refractivity contribution in [3.63, 3.8) is 0 Å². The van der Waals surface area contributed by atoms with Crippen LogP contribution < -0.4 is 5.73 Å². The third-order valence-electron chi connectivity index (χ3n) is 4.37. The summed E-state index contributed by atoms with van der Waals surface area (Å²) in [4.78, 5) is 14.1. The maximum atomic E-state index is 12.5. The van der Waals surface area contributed by atoms with Gasteiger partial charge in [0.1, 0.15) is 5.60 Å². The normalized spacial score (nSPS) is 25.0. The zero-order valence-corrected chi connectivity index (χ0v) is 15.6. The van der Waals surface area contributed by atoms with E-state index in [2.05, 4.69) is 0 Å². The molecule has 3 atom stereocenters. The number of carbonyl (C=O) groups excluding carboxylic acids is 1. The Bertz CT molecular complexity index is 573. The predicted molar refractivity (Wildman–Crippen MR) is 95.7 cm³/mol. The number of amides is 1. The molecule has 1 saturated heterocycles. The first kappa shape index (κ1) is 19.7. The van der Waals surface area contributed by atoms with E-state index < -0.39 is 24.0 Å². The van der Waals surface area contributed by atoms with Crippen LogP contribution in [0.3, 0.4) is 0 Å². The number of aliphatic hydroxyl groups excluding tert-OH is 1. The fourth-order valence-corrected chi connectivity index (χ4v) is 3.00. The van der Waals surface area contributed by atoms with E-state index in [9.17, 15) is 9.90 Å². The second-order valence-corrected chi connectivity index (χ2v) is 8.08. The summed E-state index contributed by atoms with van der Waals surface area (Å²) >= 11 is 0. The Morgan fingerprint density at radius 2 is 2.04 bits per heavy atom. The topological polar surface area (TPSA) is 85.0 Å². The molecule has 6 heteroatoms. The summed E-state index contributed by atoms with van der Waals surface area (Å²) < 4.78 is 11.1. The number of aliphatic hydroxyl groups is 1. The summed E-state index contributed by atoms with van der Waals surface area (Å²) in [5, 5.41) is 10.5. The summed E-state index contributed by atoms with van der Waals surface area (Å²) in [5.41, 5.74) is 5.98. The molecule has 1 aliphatic heterocycles. The number of nitrogens with two attached hydrogens (primary N) is 1. The highest BCUT2D eigenvalue weighted by molar-refractivity contribution is 5.69. The number of hydrogen-bond donors (Lipinski definition) is 2. The number of hydrogen-bond acceptors (Lipinski definition) is 5. The second kappa shape index (κ2) is 7.72. The molecule has 3 N–H and O–H groups in total. The molecular formula is C19H30N2O4. The lowest BCUT2D eigenvalue weighted by atomic mass is 9.88. The second-order valence-electron chi connectivity index (χ2n) is 8.08. The van der Waals surface area contributed by atoms with Crippen molar-refractivity contribution in [2.45, 2.75) is 58.7 Å². The molecule has 0 saturated carbocycles. The van der Waals surface area contributed by atoms with Crippen molar-refractivity contribution >= 4 is 6.09 Å². The minimum absolute atomic E-state index is 0.265. The molecule has 140 valence electrons. The minimum Gasteiger partial charge on any atom is -0.444 e. The van der Waals surface area contributed by atoms with Gasteiger partial charge in [0.15, 0.2) is 6.29 Å². The van der Waals surface area contributed by atoms with Crippen LogP contribution in [0.15, 0.2) is 30.3 Å². The molecule has 25 heavy (non-hydrogen) atoms. The van der Waals surface area contributed by atoms with Crippen LogP contribution in [0.1, 0.15) is 39.7 Å². The highest BCUT2D eigenvalue weighted by Crippen LogP contribution is 2.36. The van der Waals surface area contributed by atoms with Crippen molar-refractivity contribution in [1.82, 2.24) is 4.90 Å². The molecule has 1 heterocycles. The molecule has 6 nitrogen and oxygen atoms in total. The lowest BCUT2D eigenvalue weighted by Crippen LogP contribution is -2.46. The number of likely N-dealkylation sites (tertiary alicyclic amines) is 1. The average Bonchev–Trinajstić information content (AvgIpc) is 2.91. The smallest absolute Gasteiger partial charge is 0.410 e. The van der Waals surface area contributed by atoms with Crippen molar-refractivity contribution in [2.75, 3.05) is 13.1 Å². The van der Waals surface area contributed by atoms with Crippen LogP contribution in [-0.2, 0) is 16.1 Å². The van der Waals surface area contributed by atoms with E-state index in [1.807, 2.05) is 58.0 Å². The Hall–Kier alpha value is -1.63. The van der Waals surface area contributed by atoms with Gasteiger partial charge in [0.2, 0.25) is 0 Å². The third kappa shape index (κ3) is 5.42. The quantitative estimate of drug-likeness (QED) is 0.797. The van der Waals surface area contributed by atoms with Crippen molar-refractivity contribution in [3.05, 3.63) is 35.9 Å². The summed E-state index contributed by atoms with van der Waals surface area (Å²) in [6, 6.07) is 9.13. The Morgan fingerprint density at radius 3 is 2.60 bits per heavy atom. The summed E-state index contributed by atoms with van der Waals surface area (Å²) in [6.45, 7) is 8.61. The summed E-state index contributed by atoms with van der Waals surface area (Å²) in [7, 11) is 0. The Balaban J connectivity index is 2.06. The highest BCUT2D eigenvalue weighted by Gasteiger charge is 2.46. The van der Waals surface area contributed by atoms with Gasteiger partial charge in [-0.2, -0.15) is 0 Å². The first-order chi connectivity index (χ1) is 11.6. The number of nitrogens with zero attached hydrogens (tertiary/aromatic N) is 1. The maximum Gasteiger partial charge on any atom is 0.410 e. The molecule has 2 unspecified atom stereocenters. The van der Waals surface area contributed by atoms with Gasteiger partial charge in [-0.3, -0.25) is 4.90 Å². The SMILES string of the molecule is CC(C)(C)OC(=O)N1C[C@@](C)(CN)CC1C(O)OCc1ccccc1. The Labute approximate surface area is 149 Å². The van der Waals surface area contributed by atoms with Gasteiger partial charge in [0.25, 0.3) is 0 Å². The van der Waals surface area contributed by atoms with Crippen LogP contribution >= 0.6 is 0 Å². The average molecular weight is 350 g/mol. The lowest BCUT2D eigenvalue weighted by Gasteiger charge is -2.30. The van der Waals surface area contributed by atoms with Gasteiger partial charge in [-0.1, -0.05) is 37.3 Å². The predicted octanol–water partition coefficient (Wildman–Crippen LogP) is 2.50. The van der Waals surface area contributed by atoms with Crippen LogP contribution in [-0.4, -0.2) is 47.1 Å². The van der Waals surface area contributed by atoms with E-state index >= 15 is 0 Å². The van der Waals surface area contributed by atoms with Crippen LogP contribution in [0.4, 0.5) is 4.79 Å². The van der Waals surface area contributed by atoms with Gasteiger partial charge >= 0.3 is 6.09 Å². The molecule has 2 rings (SSSR count).